The molecule has 0 saturated carbocycles. The molecule has 3 aromatic rings. The van der Waals surface area contributed by atoms with Gasteiger partial charge in [-0.1, -0.05) is 12.1 Å². The Morgan fingerprint density at radius 3 is 2.50 bits per heavy atom. The molecule has 8 nitrogen and oxygen atoms in total. The summed E-state index contributed by atoms with van der Waals surface area (Å²) in [4.78, 5) is 23.4. The van der Waals surface area contributed by atoms with E-state index in [9.17, 15) is 4.79 Å². The lowest BCUT2D eigenvalue weighted by molar-refractivity contribution is 0.661. The Bertz CT molecular complexity index is 822. The van der Waals surface area contributed by atoms with Gasteiger partial charge >= 0.3 is 0 Å². The molecule has 20 heavy (non-hydrogen) atoms. The van der Waals surface area contributed by atoms with Crippen LogP contribution in [0.2, 0.25) is 0 Å². The van der Waals surface area contributed by atoms with Crippen LogP contribution in [0.5, 0.6) is 0 Å². The van der Waals surface area contributed by atoms with Gasteiger partial charge in [0.15, 0.2) is 5.82 Å². The minimum absolute atomic E-state index is 0.0536. The SMILES string of the molecule is Nc1nc(N)nc(Cn2ncc(=O)c3ccccc32)n1. The summed E-state index contributed by atoms with van der Waals surface area (Å²) in [5.74, 6) is 0.493. The molecule has 0 saturated heterocycles. The smallest absolute Gasteiger partial charge is 0.225 e. The van der Waals surface area contributed by atoms with Crippen LogP contribution in [0, 0.1) is 0 Å². The van der Waals surface area contributed by atoms with Crippen LogP contribution < -0.4 is 16.9 Å². The molecular formula is C12H11N7O. The third-order valence-electron chi connectivity index (χ3n) is 2.77. The van der Waals surface area contributed by atoms with Crippen molar-refractivity contribution in [2.24, 2.45) is 0 Å². The van der Waals surface area contributed by atoms with Gasteiger partial charge in [-0.25, -0.2) is 0 Å². The normalized spacial score (nSPS) is 10.8. The largest absolute Gasteiger partial charge is 0.368 e. The van der Waals surface area contributed by atoms with Crippen LogP contribution in [0.15, 0.2) is 35.3 Å². The van der Waals surface area contributed by atoms with Gasteiger partial charge in [0.05, 0.1) is 11.7 Å². The van der Waals surface area contributed by atoms with Crippen molar-refractivity contribution in [3.63, 3.8) is 0 Å². The molecule has 0 aliphatic rings. The summed E-state index contributed by atoms with van der Waals surface area (Å²) in [6.45, 7) is 0.248. The highest BCUT2D eigenvalue weighted by Crippen LogP contribution is 2.09. The zero-order valence-corrected chi connectivity index (χ0v) is 10.4. The van der Waals surface area contributed by atoms with Gasteiger partial charge in [-0.3, -0.25) is 9.48 Å². The van der Waals surface area contributed by atoms with Crippen molar-refractivity contribution in [1.29, 1.82) is 0 Å². The van der Waals surface area contributed by atoms with E-state index in [2.05, 4.69) is 20.1 Å². The lowest BCUT2D eigenvalue weighted by Gasteiger charge is -2.08. The minimum Gasteiger partial charge on any atom is -0.368 e. The summed E-state index contributed by atoms with van der Waals surface area (Å²) in [5.41, 5.74) is 11.6. The standard InChI is InChI=1S/C12H11N7O/c13-11-16-10(17-12(14)18-11)6-19-8-4-2-1-3-7(8)9(20)5-15-19/h1-5H,6H2,(H4,13,14,16,17,18). The fourth-order valence-corrected chi connectivity index (χ4v) is 1.95. The molecule has 0 radical (unpaired) electrons. The van der Waals surface area contributed by atoms with Crippen LogP contribution in [-0.4, -0.2) is 24.7 Å². The summed E-state index contributed by atoms with van der Waals surface area (Å²) < 4.78 is 1.62. The van der Waals surface area contributed by atoms with E-state index < -0.39 is 0 Å². The molecule has 0 fully saturated rings. The molecule has 0 bridgehead atoms. The molecule has 0 aliphatic heterocycles. The Hall–Kier alpha value is -3.03. The Labute approximate surface area is 113 Å². The molecule has 1 aromatic carbocycles. The van der Waals surface area contributed by atoms with Gasteiger partial charge < -0.3 is 11.5 Å². The molecule has 2 heterocycles. The zero-order chi connectivity index (χ0) is 14.1. The molecule has 4 N–H and O–H groups in total. The van der Waals surface area contributed by atoms with Gasteiger partial charge in [-0.2, -0.15) is 20.1 Å². The van der Waals surface area contributed by atoms with Crippen molar-refractivity contribution >= 4 is 22.8 Å². The number of fused-ring (bicyclic) bond motifs is 1. The fourth-order valence-electron chi connectivity index (χ4n) is 1.95. The van der Waals surface area contributed by atoms with E-state index in [-0.39, 0.29) is 23.9 Å². The van der Waals surface area contributed by atoms with E-state index in [1.54, 1.807) is 22.9 Å². The maximum atomic E-state index is 11.7. The maximum Gasteiger partial charge on any atom is 0.225 e. The topological polar surface area (TPSA) is 126 Å². The number of anilines is 2. The fraction of sp³-hybridized carbons (Fsp3) is 0.0833. The number of nitrogens with zero attached hydrogens (tertiary/aromatic N) is 5. The molecule has 0 aliphatic carbocycles. The predicted molar refractivity (Wildman–Crippen MR) is 73.8 cm³/mol. The Kier molecular flexibility index (Phi) is 2.75. The first-order valence-electron chi connectivity index (χ1n) is 5.84. The van der Waals surface area contributed by atoms with Crippen LogP contribution in [0.3, 0.4) is 0 Å². The van der Waals surface area contributed by atoms with Gasteiger partial charge in [0.1, 0.15) is 6.54 Å². The first kappa shape index (κ1) is 12.0. The quantitative estimate of drug-likeness (QED) is 0.659. The summed E-state index contributed by atoms with van der Waals surface area (Å²) in [5, 5.41) is 4.66. The summed E-state index contributed by atoms with van der Waals surface area (Å²) in [6, 6.07) is 7.17. The summed E-state index contributed by atoms with van der Waals surface area (Å²) >= 11 is 0. The number of para-hydroxylation sites is 1. The van der Waals surface area contributed by atoms with E-state index in [1.807, 2.05) is 6.07 Å². The molecule has 0 spiro atoms. The monoisotopic (exact) mass is 269 g/mol. The molecular weight excluding hydrogens is 258 g/mol. The molecule has 100 valence electrons. The second-order valence-corrected chi connectivity index (χ2v) is 4.15. The third kappa shape index (κ3) is 2.14. The average Bonchev–Trinajstić information content (AvgIpc) is 2.41. The molecule has 0 amide bonds. The number of aromatic nitrogens is 5. The Morgan fingerprint density at radius 2 is 1.75 bits per heavy atom. The van der Waals surface area contributed by atoms with Gasteiger partial charge in [-0.15, -0.1) is 0 Å². The first-order chi connectivity index (χ1) is 9.63. The number of rotatable bonds is 2. The van der Waals surface area contributed by atoms with E-state index >= 15 is 0 Å². The Morgan fingerprint density at radius 1 is 1.05 bits per heavy atom. The van der Waals surface area contributed by atoms with Crippen molar-refractivity contribution in [2.45, 2.75) is 6.54 Å². The van der Waals surface area contributed by atoms with Crippen LogP contribution in [0.1, 0.15) is 5.82 Å². The van der Waals surface area contributed by atoms with Gasteiger partial charge in [0, 0.05) is 5.39 Å². The number of hydrogen-bond acceptors (Lipinski definition) is 7. The third-order valence-corrected chi connectivity index (χ3v) is 2.77. The first-order valence-corrected chi connectivity index (χ1v) is 5.84. The molecule has 8 heteroatoms. The van der Waals surface area contributed by atoms with E-state index in [1.165, 1.54) is 6.20 Å². The average molecular weight is 269 g/mol. The van der Waals surface area contributed by atoms with E-state index in [0.717, 1.165) is 0 Å². The highest BCUT2D eigenvalue weighted by molar-refractivity contribution is 5.77. The van der Waals surface area contributed by atoms with E-state index in [0.29, 0.717) is 16.7 Å². The number of benzene rings is 1. The second-order valence-electron chi connectivity index (χ2n) is 4.15. The Balaban J connectivity index is 2.11. The van der Waals surface area contributed by atoms with E-state index in [4.69, 9.17) is 11.5 Å². The zero-order valence-electron chi connectivity index (χ0n) is 10.4. The molecule has 0 atom stereocenters. The van der Waals surface area contributed by atoms with Crippen molar-refractivity contribution in [3.05, 3.63) is 46.5 Å². The number of hydrogen-bond donors (Lipinski definition) is 2. The molecule has 0 unspecified atom stereocenters. The summed E-state index contributed by atoms with van der Waals surface area (Å²) in [6.07, 6.45) is 1.26. The van der Waals surface area contributed by atoms with Crippen LogP contribution in [0.4, 0.5) is 11.9 Å². The van der Waals surface area contributed by atoms with Crippen molar-refractivity contribution in [2.75, 3.05) is 11.5 Å². The number of nitrogen functional groups attached to an aromatic ring is 2. The highest BCUT2D eigenvalue weighted by Gasteiger charge is 2.07. The second kappa shape index (κ2) is 4.57. The number of nitrogens with two attached hydrogens (primary N) is 2. The van der Waals surface area contributed by atoms with Crippen molar-refractivity contribution in [3.8, 4) is 0 Å². The van der Waals surface area contributed by atoms with Crippen LogP contribution in [0.25, 0.3) is 10.9 Å². The predicted octanol–water partition coefficient (Wildman–Crippen LogP) is -0.206. The molecule has 2 aromatic heterocycles. The van der Waals surface area contributed by atoms with Gasteiger partial charge in [-0.05, 0) is 12.1 Å². The van der Waals surface area contributed by atoms with Gasteiger partial charge in [0.25, 0.3) is 0 Å². The van der Waals surface area contributed by atoms with Crippen LogP contribution in [-0.2, 0) is 6.54 Å². The highest BCUT2D eigenvalue weighted by atomic mass is 16.1. The van der Waals surface area contributed by atoms with Crippen molar-refractivity contribution < 1.29 is 0 Å². The lowest BCUT2D eigenvalue weighted by atomic mass is 10.2. The maximum absolute atomic E-state index is 11.7. The van der Waals surface area contributed by atoms with Gasteiger partial charge in [0.2, 0.25) is 17.3 Å². The van der Waals surface area contributed by atoms with Crippen molar-refractivity contribution in [1.82, 2.24) is 24.7 Å². The lowest BCUT2D eigenvalue weighted by Crippen LogP contribution is -2.16. The molecule has 3 rings (SSSR count). The summed E-state index contributed by atoms with van der Waals surface area (Å²) in [7, 11) is 0. The minimum atomic E-state index is -0.133. The van der Waals surface area contributed by atoms with Crippen LogP contribution >= 0.6 is 0 Å².